The molecule has 0 fully saturated rings. The van der Waals surface area contributed by atoms with E-state index in [1.165, 1.54) is 11.6 Å². The van der Waals surface area contributed by atoms with Gasteiger partial charge in [0.1, 0.15) is 5.65 Å². The Morgan fingerprint density at radius 2 is 1.72 bits per heavy atom. The van der Waals surface area contributed by atoms with E-state index < -0.39 is 0 Å². The lowest BCUT2D eigenvalue weighted by Gasteiger charge is -2.00. The first-order valence-electron chi connectivity index (χ1n) is 7.90. The van der Waals surface area contributed by atoms with E-state index >= 15 is 0 Å². The molecule has 1 aromatic carbocycles. The van der Waals surface area contributed by atoms with E-state index in [0.29, 0.717) is 0 Å². The summed E-state index contributed by atoms with van der Waals surface area (Å²) in [6, 6.07) is 13.5. The summed E-state index contributed by atoms with van der Waals surface area (Å²) in [6.07, 6.45) is 5.47. The SMILES string of the molecule is CC(=O)n1ccc(-c2ccc(-c3cn4cc(CO)ccc4n3)cc2)n1. The average molecular weight is 332 g/mol. The number of hydrogen-bond acceptors (Lipinski definition) is 4. The molecule has 0 saturated heterocycles. The van der Waals surface area contributed by atoms with Gasteiger partial charge in [-0.1, -0.05) is 30.3 Å². The molecule has 0 aliphatic rings. The number of imidazole rings is 1. The molecule has 3 aromatic heterocycles. The molecule has 0 radical (unpaired) electrons. The molecule has 1 N–H and O–H groups in total. The third-order valence-electron chi connectivity index (χ3n) is 4.08. The number of pyridine rings is 1. The van der Waals surface area contributed by atoms with Crippen molar-refractivity contribution in [2.75, 3.05) is 0 Å². The summed E-state index contributed by atoms with van der Waals surface area (Å²) in [6.45, 7) is 1.48. The minimum absolute atomic E-state index is 0.00502. The maximum absolute atomic E-state index is 11.3. The number of fused-ring (bicyclic) bond motifs is 1. The van der Waals surface area contributed by atoms with E-state index in [1.807, 2.05) is 59.3 Å². The highest BCUT2D eigenvalue weighted by molar-refractivity contribution is 5.76. The number of nitrogens with zero attached hydrogens (tertiary/aromatic N) is 4. The number of benzene rings is 1. The van der Waals surface area contributed by atoms with Crippen molar-refractivity contribution in [1.29, 1.82) is 0 Å². The highest BCUT2D eigenvalue weighted by Gasteiger charge is 2.08. The second-order valence-corrected chi connectivity index (χ2v) is 5.83. The van der Waals surface area contributed by atoms with Crippen molar-refractivity contribution in [3.05, 3.63) is 66.6 Å². The third-order valence-corrected chi connectivity index (χ3v) is 4.08. The maximum Gasteiger partial charge on any atom is 0.243 e. The molecular weight excluding hydrogens is 316 g/mol. The molecule has 0 bridgehead atoms. The van der Waals surface area contributed by atoms with Crippen LogP contribution < -0.4 is 0 Å². The Hall–Kier alpha value is -3.25. The molecule has 0 aliphatic carbocycles. The van der Waals surface area contributed by atoms with E-state index in [1.54, 1.807) is 6.20 Å². The quantitative estimate of drug-likeness (QED) is 0.626. The van der Waals surface area contributed by atoms with Crippen LogP contribution in [0.1, 0.15) is 17.3 Å². The van der Waals surface area contributed by atoms with Crippen LogP contribution in [-0.2, 0) is 6.61 Å². The Kier molecular flexibility index (Phi) is 3.66. The Labute approximate surface area is 144 Å². The lowest BCUT2D eigenvalue weighted by molar-refractivity contribution is 0.0921. The first kappa shape index (κ1) is 15.3. The number of hydrogen-bond donors (Lipinski definition) is 1. The fourth-order valence-electron chi connectivity index (χ4n) is 2.74. The van der Waals surface area contributed by atoms with Gasteiger partial charge >= 0.3 is 0 Å². The van der Waals surface area contributed by atoms with Crippen LogP contribution in [0.5, 0.6) is 0 Å². The van der Waals surface area contributed by atoms with Gasteiger partial charge in [0.2, 0.25) is 5.91 Å². The summed E-state index contributed by atoms with van der Waals surface area (Å²) in [5, 5.41) is 13.5. The first-order chi connectivity index (χ1) is 12.1. The standard InChI is InChI=1S/C19H16N4O2/c1-13(25)23-9-8-17(21-23)15-3-5-16(6-4-15)18-11-22-10-14(12-24)2-7-19(22)20-18/h2-11,24H,12H2,1H3. The van der Waals surface area contributed by atoms with Gasteiger partial charge in [-0.05, 0) is 17.7 Å². The van der Waals surface area contributed by atoms with Crippen LogP contribution in [-0.4, -0.2) is 30.2 Å². The third kappa shape index (κ3) is 2.83. The van der Waals surface area contributed by atoms with Crippen LogP contribution >= 0.6 is 0 Å². The summed E-state index contributed by atoms with van der Waals surface area (Å²) < 4.78 is 3.23. The molecule has 0 aliphatic heterocycles. The van der Waals surface area contributed by atoms with E-state index in [0.717, 1.165) is 33.7 Å². The Balaban J connectivity index is 1.66. The van der Waals surface area contributed by atoms with Crippen molar-refractivity contribution in [3.8, 4) is 22.5 Å². The zero-order valence-electron chi connectivity index (χ0n) is 13.6. The van der Waals surface area contributed by atoms with Crippen molar-refractivity contribution < 1.29 is 9.90 Å². The van der Waals surface area contributed by atoms with E-state index in [4.69, 9.17) is 0 Å². The van der Waals surface area contributed by atoms with Crippen molar-refractivity contribution >= 4 is 11.6 Å². The lowest BCUT2D eigenvalue weighted by atomic mass is 10.1. The van der Waals surface area contributed by atoms with Crippen LogP contribution in [0.2, 0.25) is 0 Å². The largest absolute Gasteiger partial charge is 0.392 e. The molecular formula is C19H16N4O2. The molecule has 6 nitrogen and oxygen atoms in total. The van der Waals surface area contributed by atoms with Crippen molar-refractivity contribution in [1.82, 2.24) is 19.2 Å². The van der Waals surface area contributed by atoms with Gasteiger partial charge in [-0.3, -0.25) is 4.79 Å². The highest BCUT2D eigenvalue weighted by Crippen LogP contribution is 2.24. The van der Waals surface area contributed by atoms with E-state index in [9.17, 15) is 9.90 Å². The second kappa shape index (κ2) is 5.99. The summed E-state index contributed by atoms with van der Waals surface area (Å²) in [5.74, 6) is -0.116. The zero-order chi connectivity index (χ0) is 17.4. The zero-order valence-corrected chi connectivity index (χ0v) is 13.6. The summed E-state index contributed by atoms with van der Waals surface area (Å²) in [7, 11) is 0. The Morgan fingerprint density at radius 3 is 2.36 bits per heavy atom. The predicted molar refractivity (Wildman–Crippen MR) is 94.1 cm³/mol. The molecule has 124 valence electrons. The molecule has 0 unspecified atom stereocenters. The number of aromatic nitrogens is 4. The van der Waals surface area contributed by atoms with Crippen LogP contribution in [0.15, 0.2) is 61.1 Å². The molecule has 0 spiro atoms. The predicted octanol–water partition coefficient (Wildman–Crippen LogP) is 3.02. The number of aliphatic hydroxyl groups excluding tert-OH is 1. The van der Waals surface area contributed by atoms with Crippen LogP contribution in [0.25, 0.3) is 28.2 Å². The van der Waals surface area contributed by atoms with E-state index in [2.05, 4.69) is 10.1 Å². The average Bonchev–Trinajstić information content (AvgIpc) is 3.28. The fraction of sp³-hybridized carbons (Fsp3) is 0.105. The van der Waals surface area contributed by atoms with Crippen molar-refractivity contribution in [3.63, 3.8) is 0 Å². The number of rotatable bonds is 3. The number of aliphatic hydroxyl groups is 1. The molecule has 4 rings (SSSR count). The second-order valence-electron chi connectivity index (χ2n) is 5.83. The van der Waals surface area contributed by atoms with Gasteiger partial charge < -0.3 is 9.51 Å². The Morgan fingerprint density at radius 1 is 1.00 bits per heavy atom. The van der Waals surface area contributed by atoms with Crippen molar-refractivity contribution in [2.24, 2.45) is 0 Å². The summed E-state index contributed by atoms with van der Waals surface area (Å²) >= 11 is 0. The topological polar surface area (TPSA) is 72.4 Å². The monoisotopic (exact) mass is 332 g/mol. The van der Waals surface area contributed by atoms with Crippen LogP contribution in [0, 0.1) is 0 Å². The highest BCUT2D eigenvalue weighted by atomic mass is 16.3. The normalized spacial score (nSPS) is 11.1. The number of carbonyl (C=O) groups excluding carboxylic acids is 1. The summed E-state index contributed by atoms with van der Waals surface area (Å²) in [5.41, 5.74) is 5.21. The van der Waals surface area contributed by atoms with Gasteiger partial charge in [0, 0.05) is 36.6 Å². The van der Waals surface area contributed by atoms with Crippen molar-refractivity contribution in [2.45, 2.75) is 13.5 Å². The molecule has 0 atom stereocenters. The van der Waals surface area contributed by atoms with Gasteiger partial charge in [0.25, 0.3) is 0 Å². The number of carbonyl (C=O) groups is 1. The minimum Gasteiger partial charge on any atom is -0.392 e. The van der Waals surface area contributed by atoms with Gasteiger partial charge in [-0.25, -0.2) is 9.67 Å². The van der Waals surface area contributed by atoms with Gasteiger partial charge in [0.15, 0.2) is 0 Å². The molecule has 0 amide bonds. The summed E-state index contributed by atoms with van der Waals surface area (Å²) in [4.78, 5) is 15.9. The van der Waals surface area contributed by atoms with E-state index in [-0.39, 0.29) is 12.5 Å². The van der Waals surface area contributed by atoms with Gasteiger partial charge in [-0.2, -0.15) is 5.10 Å². The maximum atomic E-state index is 11.3. The van der Waals surface area contributed by atoms with Gasteiger partial charge in [-0.15, -0.1) is 0 Å². The fourth-order valence-corrected chi connectivity index (χ4v) is 2.74. The molecule has 3 heterocycles. The van der Waals surface area contributed by atoms with Gasteiger partial charge in [0.05, 0.1) is 18.0 Å². The molecule has 25 heavy (non-hydrogen) atoms. The molecule has 6 heteroatoms. The van der Waals surface area contributed by atoms with Crippen LogP contribution in [0.3, 0.4) is 0 Å². The lowest BCUT2D eigenvalue weighted by Crippen LogP contribution is -2.05. The molecule has 0 saturated carbocycles. The first-order valence-corrected chi connectivity index (χ1v) is 7.90. The molecule has 4 aromatic rings. The van der Waals surface area contributed by atoms with Crippen LogP contribution in [0.4, 0.5) is 0 Å². The Bertz CT molecular complexity index is 1060. The smallest absolute Gasteiger partial charge is 0.243 e. The minimum atomic E-state index is -0.116.